The normalized spacial score (nSPS) is 32.4. The van der Waals surface area contributed by atoms with E-state index in [1.165, 1.54) is 6.26 Å². The maximum absolute atomic E-state index is 13.0. The van der Waals surface area contributed by atoms with Gasteiger partial charge in [-0.1, -0.05) is 0 Å². The maximum atomic E-state index is 13.0. The molecule has 4 aliphatic rings. The smallest absolute Gasteiger partial charge is 0.320 e. The van der Waals surface area contributed by atoms with Gasteiger partial charge in [-0.15, -0.1) is 0 Å². The van der Waals surface area contributed by atoms with Gasteiger partial charge in [0.05, 0.1) is 6.26 Å². The first-order chi connectivity index (χ1) is 12.8. The Morgan fingerprint density at radius 1 is 1.07 bits per heavy atom. The number of amides is 3. The van der Waals surface area contributed by atoms with Crippen LogP contribution in [0.2, 0.25) is 0 Å². The van der Waals surface area contributed by atoms with Gasteiger partial charge in [0, 0.05) is 51.2 Å². The molecular weight excluding hydrogens is 368 g/mol. The van der Waals surface area contributed by atoms with Crippen molar-refractivity contribution in [1.29, 1.82) is 0 Å². The lowest BCUT2D eigenvalue weighted by Crippen LogP contribution is -2.62. The molecule has 4 heterocycles. The minimum Gasteiger partial charge on any atom is -0.339 e. The highest BCUT2D eigenvalue weighted by atomic mass is 32.2. The summed E-state index contributed by atoms with van der Waals surface area (Å²) in [5, 5.41) is 0. The molecule has 9 heteroatoms. The Kier molecular flexibility index (Phi) is 5.09. The molecule has 8 nitrogen and oxygen atoms in total. The summed E-state index contributed by atoms with van der Waals surface area (Å²) in [5.74, 6) is 1.08. The molecule has 0 aromatic rings. The van der Waals surface area contributed by atoms with Crippen molar-refractivity contribution >= 4 is 22.0 Å². The molecule has 0 aliphatic carbocycles. The summed E-state index contributed by atoms with van der Waals surface area (Å²) in [7, 11) is -3.20. The fourth-order valence-corrected chi connectivity index (χ4v) is 6.30. The molecule has 152 valence electrons. The first-order valence-electron chi connectivity index (χ1n) is 10.1. The number of nitrogens with zero attached hydrogens (tertiary/aromatic N) is 3. The van der Waals surface area contributed by atoms with Crippen molar-refractivity contribution in [2.45, 2.75) is 50.6 Å². The summed E-state index contributed by atoms with van der Waals surface area (Å²) in [6.45, 7) is 3.45. The van der Waals surface area contributed by atoms with Crippen LogP contribution in [0.5, 0.6) is 0 Å². The van der Waals surface area contributed by atoms with Crippen molar-refractivity contribution in [3.63, 3.8) is 0 Å². The number of urea groups is 1. The van der Waals surface area contributed by atoms with Gasteiger partial charge in [-0.2, -0.15) is 0 Å². The topological polar surface area (TPSA) is 90.0 Å². The maximum Gasteiger partial charge on any atom is 0.320 e. The van der Waals surface area contributed by atoms with Gasteiger partial charge in [0.1, 0.15) is 0 Å². The third kappa shape index (κ3) is 4.08. The summed E-state index contributed by atoms with van der Waals surface area (Å²) in [5.41, 5.74) is 0. The highest BCUT2D eigenvalue weighted by molar-refractivity contribution is 7.88. The zero-order chi connectivity index (χ0) is 19.2. The SMILES string of the molecule is CS(=O)(=O)NC1CCN(C(=O)N2C[C@H]3C[C@H](C2)[C@H]2CCCC(=O)N2C3)CC1. The molecule has 0 aromatic carbocycles. The average molecular weight is 399 g/mol. The Morgan fingerprint density at radius 2 is 1.81 bits per heavy atom. The lowest BCUT2D eigenvalue weighted by Gasteiger charge is -2.53. The van der Waals surface area contributed by atoms with Crippen LogP contribution in [0.15, 0.2) is 0 Å². The molecule has 4 saturated heterocycles. The van der Waals surface area contributed by atoms with E-state index < -0.39 is 10.0 Å². The summed E-state index contributed by atoms with van der Waals surface area (Å²) in [6.07, 6.45) is 6.32. The summed E-state index contributed by atoms with van der Waals surface area (Å²) in [6, 6.07) is 0.312. The standard InChI is InChI=1S/C18H30N4O4S/c1-27(25,26)19-15-5-7-20(8-6-15)18(24)21-10-13-9-14(12-21)16-3-2-4-17(23)22(16)11-13/h13-16,19H,2-12H2,1H3/t13-,14-,16-/m1/s1. The highest BCUT2D eigenvalue weighted by Crippen LogP contribution is 2.38. The van der Waals surface area contributed by atoms with Gasteiger partial charge < -0.3 is 14.7 Å². The molecule has 3 atom stereocenters. The van der Waals surface area contributed by atoms with Crippen LogP contribution in [-0.4, -0.2) is 86.1 Å². The minimum atomic E-state index is -3.20. The molecule has 0 saturated carbocycles. The molecule has 1 N–H and O–H groups in total. The third-order valence-electron chi connectivity index (χ3n) is 6.60. The van der Waals surface area contributed by atoms with Gasteiger partial charge in [-0.25, -0.2) is 17.9 Å². The predicted molar refractivity (Wildman–Crippen MR) is 100 cm³/mol. The van der Waals surface area contributed by atoms with Crippen LogP contribution in [0.1, 0.15) is 38.5 Å². The third-order valence-corrected chi connectivity index (χ3v) is 7.36. The first kappa shape index (κ1) is 19.0. The van der Waals surface area contributed by atoms with Gasteiger partial charge in [0.25, 0.3) is 0 Å². The van der Waals surface area contributed by atoms with Gasteiger partial charge in [0.15, 0.2) is 0 Å². The molecule has 27 heavy (non-hydrogen) atoms. The van der Waals surface area contributed by atoms with Crippen molar-refractivity contribution in [2.75, 3.05) is 39.0 Å². The second-order valence-corrected chi connectivity index (χ2v) is 10.5. The molecule has 4 fully saturated rings. The molecule has 0 unspecified atom stereocenters. The van der Waals surface area contributed by atoms with Crippen molar-refractivity contribution in [2.24, 2.45) is 11.8 Å². The number of sulfonamides is 1. The zero-order valence-electron chi connectivity index (χ0n) is 16.0. The number of fused-ring (bicyclic) bond motifs is 4. The van der Waals surface area contributed by atoms with Crippen molar-refractivity contribution < 1.29 is 18.0 Å². The van der Waals surface area contributed by atoms with E-state index in [1.807, 2.05) is 9.80 Å². The minimum absolute atomic E-state index is 0.0772. The number of rotatable bonds is 2. The largest absolute Gasteiger partial charge is 0.339 e. The van der Waals surface area contributed by atoms with Crippen LogP contribution in [0.3, 0.4) is 0 Å². The average Bonchev–Trinajstić information content (AvgIpc) is 2.61. The number of hydrogen-bond acceptors (Lipinski definition) is 4. The number of likely N-dealkylation sites (tertiary alicyclic amines) is 2. The molecule has 0 aromatic heterocycles. The number of carbonyl (C=O) groups is 2. The van der Waals surface area contributed by atoms with E-state index in [4.69, 9.17) is 0 Å². The summed E-state index contributed by atoms with van der Waals surface area (Å²) < 4.78 is 25.4. The lowest BCUT2D eigenvalue weighted by atomic mass is 9.76. The van der Waals surface area contributed by atoms with Crippen LogP contribution in [-0.2, 0) is 14.8 Å². The molecule has 0 spiro atoms. The number of carbonyl (C=O) groups excluding carboxylic acids is 2. The van der Waals surface area contributed by atoms with Crippen molar-refractivity contribution in [1.82, 2.24) is 19.4 Å². The van der Waals surface area contributed by atoms with Gasteiger partial charge in [-0.05, 0) is 43.9 Å². The van der Waals surface area contributed by atoms with Crippen LogP contribution in [0.25, 0.3) is 0 Å². The second-order valence-electron chi connectivity index (χ2n) is 8.71. The van der Waals surface area contributed by atoms with E-state index >= 15 is 0 Å². The van der Waals surface area contributed by atoms with Crippen LogP contribution in [0, 0.1) is 11.8 Å². The monoisotopic (exact) mass is 398 g/mol. The molecule has 3 amide bonds. The Hall–Kier alpha value is -1.35. The first-order valence-corrected chi connectivity index (χ1v) is 12.0. The lowest BCUT2D eigenvalue weighted by molar-refractivity contribution is -0.144. The highest BCUT2D eigenvalue weighted by Gasteiger charge is 2.45. The Labute approximate surface area is 161 Å². The summed E-state index contributed by atoms with van der Waals surface area (Å²) in [4.78, 5) is 31.2. The zero-order valence-corrected chi connectivity index (χ0v) is 16.8. The number of piperidine rings is 4. The van der Waals surface area contributed by atoms with Crippen LogP contribution in [0.4, 0.5) is 4.79 Å². The van der Waals surface area contributed by atoms with Crippen molar-refractivity contribution in [3.8, 4) is 0 Å². The van der Waals surface area contributed by atoms with E-state index in [1.54, 1.807) is 0 Å². The Morgan fingerprint density at radius 3 is 2.52 bits per heavy atom. The quantitative estimate of drug-likeness (QED) is 0.731. The van der Waals surface area contributed by atoms with Gasteiger partial charge in [-0.3, -0.25) is 4.79 Å². The van der Waals surface area contributed by atoms with Crippen LogP contribution < -0.4 is 4.72 Å². The van der Waals surface area contributed by atoms with Crippen molar-refractivity contribution in [3.05, 3.63) is 0 Å². The van der Waals surface area contributed by atoms with E-state index in [9.17, 15) is 18.0 Å². The predicted octanol–water partition coefficient (Wildman–Crippen LogP) is 0.453. The fraction of sp³-hybridized carbons (Fsp3) is 0.889. The van der Waals surface area contributed by atoms with Crippen LogP contribution >= 0.6 is 0 Å². The summed E-state index contributed by atoms with van der Waals surface area (Å²) >= 11 is 0. The van der Waals surface area contributed by atoms with E-state index in [-0.39, 0.29) is 12.1 Å². The molecule has 4 aliphatic heterocycles. The molecule has 0 radical (unpaired) electrons. The second kappa shape index (κ2) is 7.24. The number of hydrogen-bond donors (Lipinski definition) is 1. The van der Waals surface area contributed by atoms with Gasteiger partial charge >= 0.3 is 6.03 Å². The Bertz CT molecular complexity index is 704. The fourth-order valence-electron chi connectivity index (χ4n) is 5.46. The molecule has 4 rings (SSSR count). The molecular formula is C18H30N4O4S. The van der Waals surface area contributed by atoms with E-state index in [2.05, 4.69) is 9.62 Å². The molecule has 2 bridgehead atoms. The van der Waals surface area contributed by atoms with Gasteiger partial charge in [0.2, 0.25) is 15.9 Å². The number of nitrogens with one attached hydrogen (secondary N) is 1. The Balaban J connectivity index is 1.35. The van der Waals surface area contributed by atoms with E-state index in [0.29, 0.717) is 56.1 Å². The van der Waals surface area contributed by atoms with E-state index in [0.717, 1.165) is 38.9 Å².